The molecule has 0 saturated carbocycles. The van der Waals surface area contributed by atoms with Gasteiger partial charge < -0.3 is 14.8 Å². The molecule has 1 N–H and O–H groups in total. The van der Waals surface area contributed by atoms with Gasteiger partial charge >= 0.3 is 0 Å². The van der Waals surface area contributed by atoms with Gasteiger partial charge in [-0.1, -0.05) is 0 Å². The smallest absolute Gasteiger partial charge is 0.229 e. The van der Waals surface area contributed by atoms with Crippen LogP contribution in [-0.2, 0) is 4.74 Å². The van der Waals surface area contributed by atoms with Crippen LogP contribution < -0.4 is 10.1 Å². The number of hydrogen-bond acceptors (Lipinski definition) is 6. The molecule has 3 heterocycles. The van der Waals surface area contributed by atoms with Gasteiger partial charge in [-0.25, -0.2) is 9.97 Å². The molecule has 6 nitrogen and oxygen atoms in total. The van der Waals surface area contributed by atoms with Crippen LogP contribution in [0.5, 0.6) is 5.75 Å². The maximum Gasteiger partial charge on any atom is 0.229 e. The maximum atomic E-state index is 5.72. The molecule has 0 bridgehead atoms. The maximum absolute atomic E-state index is 5.72. The summed E-state index contributed by atoms with van der Waals surface area (Å²) in [6, 6.07) is 11.5. The van der Waals surface area contributed by atoms with Crippen molar-refractivity contribution in [1.29, 1.82) is 0 Å². The number of hydrogen-bond donors (Lipinski definition) is 1. The molecular formula is C16H14N4O2. The fraction of sp³-hybridized carbons (Fsp3) is 0.188. The van der Waals surface area contributed by atoms with Gasteiger partial charge in [-0.3, -0.25) is 0 Å². The quantitative estimate of drug-likeness (QED) is 0.797. The molecule has 22 heavy (non-hydrogen) atoms. The molecule has 0 amide bonds. The highest BCUT2D eigenvalue weighted by Crippen LogP contribution is 2.21. The Balaban J connectivity index is 1.49. The molecule has 0 atom stereocenters. The molecule has 110 valence electrons. The van der Waals surface area contributed by atoms with E-state index in [1.165, 1.54) is 0 Å². The molecule has 1 aromatic carbocycles. The zero-order valence-corrected chi connectivity index (χ0v) is 11.8. The number of ether oxygens (including phenoxy) is 2. The van der Waals surface area contributed by atoms with Crippen molar-refractivity contribution in [2.24, 2.45) is 0 Å². The molecule has 1 fully saturated rings. The van der Waals surface area contributed by atoms with E-state index >= 15 is 0 Å². The van der Waals surface area contributed by atoms with E-state index in [4.69, 9.17) is 9.47 Å². The van der Waals surface area contributed by atoms with Gasteiger partial charge in [0, 0.05) is 23.5 Å². The molecule has 0 radical (unpaired) electrons. The predicted molar refractivity (Wildman–Crippen MR) is 82.3 cm³/mol. The van der Waals surface area contributed by atoms with Gasteiger partial charge in [-0.15, -0.1) is 0 Å². The minimum absolute atomic E-state index is 0.175. The minimum atomic E-state index is 0.175. The summed E-state index contributed by atoms with van der Waals surface area (Å²) in [5.41, 5.74) is 1.57. The summed E-state index contributed by atoms with van der Waals surface area (Å²) in [6.07, 6.45) is 3.65. The molecule has 3 aromatic rings. The lowest BCUT2D eigenvalue weighted by Crippen LogP contribution is -2.38. The van der Waals surface area contributed by atoms with E-state index in [-0.39, 0.29) is 6.10 Å². The van der Waals surface area contributed by atoms with Crippen molar-refractivity contribution >= 4 is 22.7 Å². The molecule has 0 spiro atoms. The average Bonchev–Trinajstić information content (AvgIpc) is 2.52. The summed E-state index contributed by atoms with van der Waals surface area (Å²) in [5.74, 6) is 1.35. The zero-order valence-electron chi connectivity index (χ0n) is 11.8. The van der Waals surface area contributed by atoms with Crippen molar-refractivity contribution < 1.29 is 9.47 Å². The number of fused-ring (bicyclic) bond motifs is 1. The summed E-state index contributed by atoms with van der Waals surface area (Å²) in [7, 11) is 0. The predicted octanol–water partition coefficient (Wildman–Crippen LogP) is 2.55. The van der Waals surface area contributed by atoms with Crippen LogP contribution in [-0.4, -0.2) is 34.3 Å². The Morgan fingerprint density at radius 3 is 2.73 bits per heavy atom. The summed E-state index contributed by atoms with van der Waals surface area (Å²) in [4.78, 5) is 12.9. The largest absolute Gasteiger partial charge is 0.486 e. The van der Waals surface area contributed by atoms with E-state index in [9.17, 15) is 0 Å². The van der Waals surface area contributed by atoms with Gasteiger partial charge in [0.25, 0.3) is 0 Å². The molecular weight excluding hydrogens is 280 g/mol. The van der Waals surface area contributed by atoms with Crippen LogP contribution in [0.4, 0.5) is 11.6 Å². The van der Waals surface area contributed by atoms with Crippen LogP contribution in [0.3, 0.4) is 0 Å². The molecule has 1 aliphatic heterocycles. The third-order valence-electron chi connectivity index (χ3n) is 3.38. The van der Waals surface area contributed by atoms with Crippen LogP contribution >= 0.6 is 0 Å². The SMILES string of the molecule is c1cnc2nc(Nc3ccc(OC4COC4)cc3)ncc2c1. The summed E-state index contributed by atoms with van der Waals surface area (Å²) in [5, 5.41) is 4.08. The molecule has 1 aliphatic rings. The number of pyridine rings is 1. The Morgan fingerprint density at radius 2 is 1.95 bits per heavy atom. The summed E-state index contributed by atoms with van der Waals surface area (Å²) in [6.45, 7) is 1.33. The second kappa shape index (κ2) is 5.57. The lowest BCUT2D eigenvalue weighted by atomic mass is 10.3. The highest BCUT2D eigenvalue weighted by atomic mass is 16.6. The topological polar surface area (TPSA) is 69.2 Å². The molecule has 2 aromatic heterocycles. The number of nitrogens with one attached hydrogen (secondary N) is 1. The van der Waals surface area contributed by atoms with Crippen molar-refractivity contribution in [3.63, 3.8) is 0 Å². The van der Waals surface area contributed by atoms with E-state index in [1.807, 2.05) is 36.4 Å². The van der Waals surface area contributed by atoms with Gasteiger partial charge in [0.2, 0.25) is 5.95 Å². The number of aromatic nitrogens is 3. The first-order valence-corrected chi connectivity index (χ1v) is 7.06. The lowest BCUT2D eigenvalue weighted by Gasteiger charge is -2.26. The number of nitrogens with zero attached hydrogens (tertiary/aromatic N) is 3. The van der Waals surface area contributed by atoms with Crippen LogP contribution in [0.15, 0.2) is 48.8 Å². The third-order valence-corrected chi connectivity index (χ3v) is 3.38. The Bertz CT molecular complexity index is 788. The van der Waals surface area contributed by atoms with Crippen molar-refractivity contribution in [2.75, 3.05) is 18.5 Å². The van der Waals surface area contributed by atoms with E-state index in [0.29, 0.717) is 24.8 Å². The highest BCUT2D eigenvalue weighted by molar-refractivity contribution is 5.74. The Labute approximate surface area is 127 Å². The van der Waals surface area contributed by atoms with Gasteiger partial charge in [-0.05, 0) is 36.4 Å². The number of benzene rings is 1. The monoisotopic (exact) mass is 294 g/mol. The van der Waals surface area contributed by atoms with Gasteiger partial charge in [0.15, 0.2) is 5.65 Å². The molecule has 1 saturated heterocycles. The van der Waals surface area contributed by atoms with E-state index in [0.717, 1.165) is 16.8 Å². The van der Waals surface area contributed by atoms with E-state index in [1.54, 1.807) is 12.4 Å². The molecule has 0 unspecified atom stereocenters. The third kappa shape index (κ3) is 2.68. The summed E-state index contributed by atoms with van der Waals surface area (Å²) >= 11 is 0. The second-order valence-electron chi connectivity index (χ2n) is 5.04. The first-order chi connectivity index (χ1) is 10.9. The van der Waals surface area contributed by atoms with Gasteiger partial charge in [-0.2, -0.15) is 4.98 Å². The van der Waals surface area contributed by atoms with Gasteiger partial charge in [0.05, 0.1) is 13.2 Å². The first-order valence-electron chi connectivity index (χ1n) is 7.06. The Morgan fingerprint density at radius 1 is 1.09 bits per heavy atom. The lowest BCUT2D eigenvalue weighted by molar-refractivity contribution is -0.0796. The van der Waals surface area contributed by atoms with Crippen molar-refractivity contribution in [3.05, 3.63) is 48.8 Å². The van der Waals surface area contributed by atoms with Gasteiger partial charge in [0.1, 0.15) is 11.9 Å². The Kier molecular flexibility index (Phi) is 3.29. The van der Waals surface area contributed by atoms with Crippen molar-refractivity contribution in [3.8, 4) is 5.75 Å². The van der Waals surface area contributed by atoms with Crippen LogP contribution in [0, 0.1) is 0 Å². The van der Waals surface area contributed by atoms with Crippen LogP contribution in [0.2, 0.25) is 0 Å². The number of rotatable bonds is 4. The normalized spacial score (nSPS) is 14.5. The van der Waals surface area contributed by atoms with Crippen LogP contribution in [0.1, 0.15) is 0 Å². The standard InChI is InChI=1S/C16H14N4O2/c1-2-11-8-18-16(20-15(11)17-7-1)19-12-3-5-13(6-4-12)22-14-9-21-10-14/h1-8,14H,9-10H2,(H,17,18,19,20). The Hall–Kier alpha value is -2.73. The van der Waals surface area contributed by atoms with Crippen LogP contribution in [0.25, 0.3) is 11.0 Å². The average molecular weight is 294 g/mol. The molecule has 4 rings (SSSR count). The van der Waals surface area contributed by atoms with Crippen molar-refractivity contribution in [1.82, 2.24) is 15.0 Å². The molecule has 6 heteroatoms. The highest BCUT2D eigenvalue weighted by Gasteiger charge is 2.19. The fourth-order valence-corrected chi connectivity index (χ4v) is 2.14. The fourth-order valence-electron chi connectivity index (χ4n) is 2.14. The first kappa shape index (κ1) is 13.0. The van der Waals surface area contributed by atoms with E-state index < -0.39 is 0 Å². The zero-order chi connectivity index (χ0) is 14.8. The molecule has 0 aliphatic carbocycles. The second-order valence-corrected chi connectivity index (χ2v) is 5.04. The number of anilines is 2. The van der Waals surface area contributed by atoms with E-state index in [2.05, 4.69) is 20.3 Å². The van der Waals surface area contributed by atoms with Crippen molar-refractivity contribution in [2.45, 2.75) is 6.10 Å². The minimum Gasteiger partial charge on any atom is -0.486 e. The summed E-state index contributed by atoms with van der Waals surface area (Å²) < 4.78 is 10.8.